The second kappa shape index (κ2) is 5.25. The summed E-state index contributed by atoms with van der Waals surface area (Å²) in [5, 5.41) is 0. The van der Waals surface area contributed by atoms with E-state index in [2.05, 4.69) is 4.99 Å². The molecular weight excluding hydrogens is 166 g/mol. The second-order valence-electron chi connectivity index (χ2n) is 2.61. The minimum atomic E-state index is 0.378. The van der Waals surface area contributed by atoms with Gasteiger partial charge in [-0.1, -0.05) is 24.3 Å². The predicted octanol–water partition coefficient (Wildman–Crippen LogP) is 1.67. The molecule has 0 atom stereocenters. The third-order valence-corrected chi connectivity index (χ3v) is 1.73. The summed E-state index contributed by atoms with van der Waals surface area (Å²) < 4.78 is 5.01. The predicted molar refractivity (Wildman–Crippen MR) is 49.0 cm³/mol. The Bertz CT molecular complexity index is 316. The Morgan fingerprint density at radius 3 is 2.69 bits per heavy atom. The lowest BCUT2D eigenvalue weighted by Crippen LogP contribution is -1.94. The summed E-state index contributed by atoms with van der Waals surface area (Å²) in [5.74, 6) is 0. The van der Waals surface area contributed by atoms with Crippen LogP contribution in [-0.4, -0.2) is 13.2 Å². The van der Waals surface area contributed by atoms with Crippen molar-refractivity contribution in [1.29, 1.82) is 0 Å². The molecule has 0 unspecified atom stereocenters. The molecule has 1 rings (SSSR count). The average Bonchev–Trinajstić information content (AvgIpc) is 2.17. The van der Waals surface area contributed by atoms with Gasteiger partial charge in [-0.05, 0) is 11.1 Å². The lowest BCUT2D eigenvalue weighted by atomic mass is 10.1. The Morgan fingerprint density at radius 1 is 1.38 bits per heavy atom. The molecule has 68 valence electrons. The molecule has 1 aromatic carbocycles. The number of benzene rings is 1. The summed E-state index contributed by atoms with van der Waals surface area (Å²) >= 11 is 0. The molecule has 0 saturated heterocycles. The number of hydrogen-bond acceptors (Lipinski definition) is 3. The lowest BCUT2D eigenvalue weighted by Gasteiger charge is -2.04. The van der Waals surface area contributed by atoms with E-state index in [1.165, 1.54) is 6.08 Å². The maximum atomic E-state index is 9.92. The fourth-order valence-electron chi connectivity index (χ4n) is 1.13. The van der Waals surface area contributed by atoms with Crippen LogP contribution in [0.5, 0.6) is 0 Å². The van der Waals surface area contributed by atoms with Crippen LogP contribution in [0.3, 0.4) is 0 Å². The van der Waals surface area contributed by atoms with E-state index in [-0.39, 0.29) is 0 Å². The van der Waals surface area contributed by atoms with E-state index in [0.29, 0.717) is 13.2 Å². The maximum Gasteiger partial charge on any atom is 0.235 e. The van der Waals surface area contributed by atoms with Gasteiger partial charge in [0.15, 0.2) is 0 Å². The van der Waals surface area contributed by atoms with Crippen LogP contribution >= 0.6 is 0 Å². The van der Waals surface area contributed by atoms with E-state index in [1.807, 2.05) is 24.3 Å². The monoisotopic (exact) mass is 177 g/mol. The molecule has 0 heterocycles. The molecule has 0 saturated carbocycles. The quantitative estimate of drug-likeness (QED) is 0.518. The van der Waals surface area contributed by atoms with E-state index in [4.69, 9.17) is 4.74 Å². The fraction of sp³-hybridized carbons (Fsp3) is 0.300. The minimum absolute atomic E-state index is 0.378. The van der Waals surface area contributed by atoms with Crippen LogP contribution < -0.4 is 0 Å². The maximum absolute atomic E-state index is 9.92. The van der Waals surface area contributed by atoms with Gasteiger partial charge in [-0.3, -0.25) is 0 Å². The van der Waals surface area contributed by atoms with Crippen LogP contribution in [0.15, 0.2) is 29.3 Å². The highest BCUT2D eigenvalue weighted by Crippen LogP contribution is 2.10. The SMILES string of the molecule is COCc1ccccc1CN=C=O. The zero-order chi connectivity index (χ0) is 9.52. The van der Waals surface area contributed by atoms with Crippen LogP contribution in [0.1, 0.15) is 11.1 Å². The van der Waals surface area contributed by atoms with Gasteiger partial charge < -0.3 is 4.74 Å². The van der Waals surface area contributed by atoms with Crippen molar-refractivity contribution >= 4 is 6.08 Å². The number of methoxy groups -OCH3 is 1. The number of hydrogen-bond donors (Lipinski definition) is 0. The number of rotatable bonds is 4. The van der Waals surface area contributed by atoms with E-state index in [1.54, 1.807) is 7.11 Å². The van der Waals surface area contributed by atoms with Gasteiger partial charge in [0.1, 0.15) is 0 Å². The molecule has 0 fully saturated rings. The van der Waals surface area contributed by atoms with Crippen molar-refractivity contribution in [1.82, 2.24) is 0 Å². The largest absolute Gasteiger partial charge is 0.380 e. The second-order valence-corrected chi connectivity index (χ2v) is 2.61. The molecule has 0 amide bonds. The molecule has 0 bridgehead atoms. The number of nitrogens with zero attached hydrogens (tertiary/aromatic N) is 1. The van der Waals surface area contributed by atoms with Crippen LogP contribution in [0.25, 0.3) is 0 Å². The zero-order valence-corrected chi connectivity index (χ0v) is 7.49. The molecule has 0 radical (unpaired) electrons. The number of ether oxygens (including phenoxy) is 1. The van der Waals surface area contributed by atoms with Crippen LogP contribution in [0, 0.1) is 0 Å². The van der Waals surface area contributed by atoms with Crippen molar-refractivity contribution in [3.8, 4) is 0 Å². The van der Waals surface area contributed by atoms with Gasteiger partial charge >= 0.3 is 0 Å². The fourth-order valence-corrected chi connectivity index (χ4v) is 1.13. The van der Waals surface area contributed by atoms with Crippen LogP contribution in [-0.2, 0) is 22.7 Å². The molecular formula is C10H11NO2. The van der Waals surface area contributed by atoms with Crippen LogP contribution in [0.2, 0.25) is 0 Å². The number of aliphatic imine (C=N–C) groups is 1. The topological polar surface area (TPSA) is 38.7 Å². The first-order valence-corrected chi connectivity index (χ1v) is 3.98. The third kappa shape index (κ3) is 2.82. The summed E-state index contributed by atoms with van der Waals surface area (Å²) in [6, 6.07) is 7.73. The lowest BCUT2D eigenvalue weighted by molar-refractivity contribution is 0.184. The summed E-state index contributed by atoms with van der Waals surface area (Å²) in [5.41, 5.74) is 2.07. The Balaban J connectivity index is 2.83. The van der Waals surface area contributed by atoms with Gasteiger partial charge in [-0.15, -0.1) is 0 Å². The third-order valence-electron chi connectivity index (χ3n) is 1.73. The van der Waals surface area contributed by atoms with Crippen molar-refractivity contribution in [2.75, 3.05) is 7.11 Å². The molecule has 1 aromatic rings. The Kier molecular flexibility index (Phi) is 3.89. The van der Waals surface area contributed by atoms with Gasteiger partial charge in [0, 0.05) is 7.11 Å². The molecule has 0 aromatic heterocycles. The molecule has 0 aliphatic rings. The van der Waals surface area contributed by atoms with E-state index >= 15 is 0 Å². The first-order chi connectivity index (χ1) is 6.38. The van der Waals surface area contributed by atoms with Gasteiger partial charge in [0.2, 0.25) is 6.08 Å². The molecule has 0 aliphatic heterocycles. The van der Waals surface area contributed by atoms with Gasteiger partial charge in [0.25, 0.3) is 0 Å². The van der Waals surface area contributed by atoms with Crippen molar-refractivity contribution in [2.24, 2.45) is 4.99 Å². The number of isocyanates is 1. The van der Waals surface area contributed by atoms with Gasteiger partial charge in [-0.25, -0.2) is 9.79 Å². The Morgan fingerprint density at radius 2 is 2.08 bits per heavy atom. The molecule has 0 spiro atoms. The highest BCUT2D eigenvalue weighted by atomic mass is 16.5. The zero-order valence-electron chi connectivity index (χ0n) is 7.49. The average molecular weight is 177 g/mol. The van der Waals surface area contributed by atoms with Crippen molar-refractivity contribution in [3.63, 3.8) is 0 Å². The smallest absolute Gasteiger partial charge is 0.235 e. The first kappa shape index (κ1) is 9.65. The number of carbonyl (C=O) groups excluding carboxylic acids is 1. The minimum Gasteiger partial charge on any atom is -0.380 e. The van der Waals surface area contributed by atoms with E-state index in [9.17, 15) is 4.79 Å². The molecule has 3 heteroatoms. The first-order valence-electron chi connectivity index (χ1n) is 3.98. The van der Waals surface area contributed by atoms with Crippen molar-refractivity contribution in [3.05, 3.63) is 35.4 Å². The van der Waals surface area contributed by atoms with Crippen molar-refractivity contribution in [2.45, 2.75) is 13.2 Å². The Hall–Kier alpha value is -1.44. The standard InChI is InChI=1S/C10H11NO2/c1-13-7-10-5-3-2-4-9(10)6-11-8-12/h2-5H,6-7H2,1H3. The highest BCUT2D eigenvalue weighted by Gasteiger charge is 1.99. The molecule has 13 heavy (non-hydrogen) atoms. The van der Waals surface area contributed by atoms with Crippen LogP contribution in [0.4, 0.5) is 0 Å². The van der Waals surface area contributed by atoms with E-state index < -0.39 is 0 Å². The van der Waals surface area contributed by atoms with Crippen molar-refractivity contribution < 1.29 is 9.53 Å². The summed E-state index contributed by atoms with van der Waals surface area (Å²) in [6.07, 6.45) is 1.52. The molecule has 3 nitrogen and oxygen atoms in total. The Labute approximate surface area is 77.1 Å². The normalized spacial score (nSPS) is 9.31. The summed E-state index contributed by atoms with van der Waals surface area (Å²) in [6.45, 7) is 0.924. The van der Waals surface area contributed by atoms with Gasteiger partial charge in [0.05, 0.1) is 13.2 Å². The summed E-state index contributed by atoms with van der Waals surface area (Å²) in [4.78, 5) is 13.4. The van der Waals surface area contributed by atoms with E-state index in [0.717, 1.165) is 11.1 Å². The highest BCUT2D eigenvalue weighted by molar-refractivity contribution is 5.35. The molecule has 0 aliphatic carbocycles. The summed E-state index contributed by atoms with van der Waals surface area (Å²) in [7, 11) is 1.64. The molecule has 0 N–H and O–H groups in total. The van der Waals surface area contributed by atoms with Gasteiger partial charge in [-0.2, -0.15) is 0 Å².